The molecule has 152 valence electrons. The number of nitrogens with zero attached hydrogens (tertiary/aromatic N) is 3. The van der Waals surface area contributed by atoms with Gasteiger partial charge in [-0.05, 0) is 42.8 Å². The summed E-state index contributed by atoms with van der Waals surface area (Å²) in [7, 11) is 0. The van der Waals surface area contributed by atoms with Crippen molar-refractivity contribution in [2.24, 2.45) is 0 Å². The van der Waals surface area contributed by atoms with Crippen molar-refractivity contribution in [3.05, 3.63) is 63.9 Å². The summed E-state index contributed by atoms with van der Waals surface area (Å²) in [6.45, 7) is 2.03. The smallest absolute Gasteiger partial charge is 0.271 e. The number of hydrogen-bond acceptors (Lipinski definition) is 8. The van der Waals surface area contributed by atoms with Gasteiger partial charge < -0.3 is 11.1 Å². The SMILES string of the molecule is Cc1ccc2nc(Nc3ncnc(NNC(=O)c4ccc(Cl)cc4Cl)c3N)sc2c1. The van der Waals surface area contributed by atoms with Crippen LogP contribution < -0.4 is 21.9 Å². The summed E-state index contributed by atoms with van der Waals surface area (Å²) in [6.07, 6.45) is 1.32. The Morgan fingerprint density at radius 1 is 1.10 bits per heavy atom. The summed E-state index contributed by atoms with van der Waals surface area (Å²) in [5.74, 6) is 0.121. The van der Waals surface area contributed by atoms with E-state index in [2.05, 4.69) is 37.2 Å². The Bertz CT molecular complexity index is 1260. The maximum absolute atomic E-state index is 12.4. The van der Waals surface area contributed by atoms with Gasteiger partial charge in [-0.1, -0.05) is 40.6 Å². The van der Waals surface area contributed by atoms with Gasteiger partial charge in [0.15, 0.2) is 16.8 Å². The number of aromatic nitrogens is 3. The quantitative estimate of drug-likeness (QED) is 0.317. The highest BCUT2D eigenvalue weighted by atomic mass is 35.5. The number of rotatable bonds is 5. The Balaban J connectivity index is 1.50. The number of hydrazine groups is 1. The Labute approximate surface area is 185 Å². The molecule has 8 nitrogen and oxygen atoms in total. The molecule has 0 aliphatic carbocycles. The monoisotopic (exact) mass is 459 g/mol. The highest BCUT2D eigenvalue weighted by molar-refractivity contribution is 7.22. The zero-order valence-corrected chi connectivity index (χ0v) is 17.9. The van der Waals surface area contributed by atoms with Crippen molar-refractivity contribution in [3.8, 4) is 0 Å². The number of halogens is 2. The maximum atomic E-state index is 12.4. The van der Waals surface area contributed by atoms with Crippen LogP contribution >= 0.6 is 34.5 Å². The third kappa shape index (κ3) is 4.23. The first-order chi connectivity index (χ1) is 14.4. The lowest BCUT2D eigenvalue weighted by Crippen LogP contribution is -2.30. The normalized spacial score (nSPS) is 10.8. The number of benzene rings is 2. The van der Waals surface area contributed by atoms with E-state index in [-0.39, 0.29) is 22.1 Å². The molecule has 0 unspecified atom stereocenters. The topological polar surface area (TPSA) is 118 Å². The van der Waals surface area contributed by atoms with Crippen molar-refractivity contribution in [1.29, 1.82) is 0 Å². The van der Waals surface area contributed by atoms with Gasteiger partial charge in [0.1, 0.15) is 12.0 Å². The number of nitrogen functional groups attached to an aromatic ring is 1. The minimum absolute atomic E-state index is 0.218. The highest BCUT2D eigenvalue weighted by Gasteiger charge is 2.14. The minimum atomic E-state index is -0.467. The number of anilines is 4. The van der Waals surface area contributed by atoms with Gasteiger partial charge in [0.05, 0.1) is 20.8 Å². The van der Waals surface area contributed by atoms with Gasteiger partial charge in [0, 0.05) is 5.02 Å². The minimum Gasteiger partial charge on any atom is -0.393 e. The standard InChI is InChI=1S/C19H15Cl2N7OS/c1-9-2-5-13-14(6-9)30-19(25-13)26-16-15(22)17(24-8-23-16)27-28-18(29)11-4-3-10(20)7-12(11)21/h2-8H,22H2,1H3,(H,28,29)(H2,23,24,25,26,27). The van der Waals surface area contributed by atoms with Gasteiger partial charge in [-0.25, -0.2) is 15.0 Å². The Morgan fingerprint density at radius 3 is 2.70 bits per heavy atom. The Morgan fingerprint density at radius 2 is 1.90 bits per heavy atom. The molecule has 4 rings (SSSR count). The molecule has 0 atom stereocenters. The number of aryl methyl sites for hydroxylation is 1. The average Bonchev–Trinajstić information content (AvgIpc) is 3.10. The molecule has 2 heterocycles. The summed E-state index contributed by atoms with van der Waals surface area (Å²) >= 11 is 13.4. The van der Waals surface area contributed by atoms with E-state index in [1.54, 1.807) is 6.07 Å². The second-order valence-corrected chi connectivity index (χ2v) is 8.18. The molecule has 30 heavy (non-hydrogen) atoms. The number of hydrogen-bond donors (Lipinski definition) is 4. The lowest BCUT2D eigenvalue weighted by atomic mass is 10.2. The van der Waals surface area contributed by atoms with Crippen LogP contribution in [0.25, 0.3) is 10.2 Å². The number of nitrogens with two attached hydrogens (primary N) is 1. The van der Waals surface area contributed by atoms with E-state index in [9.17, 15) is 4.79 Å². The van der Waals surface area contributed by atoms with E-state index in [1.807, 2.05) is 19.1 Å². The number of thiazole rings is 1. The van der Waals surface area contributed by atoms with Gasteiger partial charge in [0.2, 0.25) is 0 Å². The second-order valence-electron chi connectivity index (χ2n) is 6.30. The Kier molecular flexibility index (Phi) is 5.58. The molecular weight excluding hydrogens is 445 g/mol. The number of fused-ring (bicyclic) bond motifs is 1. The van der Waals surface area contributed by atoms with E-state index < -0.39 is 5.91 Å². The molecule has 0 bridgehead atoms. The van der Waals surface area contributed by atoms with Gasteiger partial charge in [-0.15, -0.1) is 0 Å². The third-order valence-electron chi connectivity index (χ3n) is 4.12. The fraction of sp³-hybridized carbons (Fsp3) is 0.0526. The number of nitrogens with one attached hydrogen (secondary N) is 3. The Hall–Kier alpha value is -3.14. The van der Waals surface area contributed by atoms with Crippen molar-refractivity contribution in [2.45, 2.75) is 6.92 Å². The van der Waals surface area contributed by atoms with Crippen molar-refractivity contribution in [3.63, 3.8) is 0 Å². The van der Waals surface area contributed by atoms with Gasteiger partial charge in [-0.3, -0.25) is 15.6 Å². The fourth-order valence-electron chi connectivity index (χ4n) is 2.64. The zero-order chi connectivity index (χ0) is 21.3. The summed E-state index contributed by atoms with van der Waals surface area (Å²) in [4.78, 5) is 25.1. The summed E-state index contributed by atoms with van der Waals surface area (Å²) in [6, 6.07) is 10.6. The largest absolute Gasteiger partial charge is 0.393 e. The molecule has 0 aliphatic heterocycles. The lowest BCUT2D eigenvalue weighted by Gasteiger charge is -2.12. The highest BCUT2D eigenvalue weighted by Crippen LogP contribution is 2.31. The molecule has 4 aromatic rings. The first-order valence-corrected chi connectivity index (χ1v) is 10.2. The van der Waals surface area contributed by atoms with E-state index >= 15 is 0 Å². The summed E-state index contributed by atoms with van der Waals surface area (Å²) in [5, 5.41) is 4.40. The predicted molar refractivity (Wildman–Crippen MR) is 122 cm³/mol. The lowest BCUT2D eigenvalue weighted by molar-refractivity contribution is 0.0962. The van der Waals surface area contributed by atoms with Crippen LogP contribution in [0.3, 0.4) is 0 Å². The first-order valence-electron chi connectivity index (χ1n) is 8.67. The van der Waals surface area contributed by atoms with Crippen LogP contribution in [0.4, 0.5) is 22.5 Å². The molecular formula is C19H15Cl2N7OS. The van der Waals surface area contributed by atoms with Gasteiger partial charge in [0.25, 0.3) is 5.91 Å². The van der Waals surface area contributed by atoms with Crippen LogP contribution in [0.1, 0.15) is 15.9 Å². The van der Waals surface area contributed by atoms with Crippen molar-refractivity contribution >= 4 is 73.1 Å². The molecule has 0 radical (unpaired) electrons. The molecule has 0 saturated heterocycles. The summed E-state index contributed by atoms with van der Waals surface area (Å²) < 4.78 is 1.05. The molecule has 0 saturated carbocycles. The molecule has 0 spiro atoms. The van der Waals surface area contributed by atoms with Crippen molar-refractivity contribution < 1.29 is 4.79 Å². The van der Waals surface area contributed by atoms with Crippen LogP contribution in [0.2, 0.25) is 10.0 Å². The molecule has 0 aliphatic rings. The number of carbonyl (C=O) groups is 1. The molecule has 11 heteroatoms. The van der Waals surface area contributed by atoms with Crippen molar-refractivity contribution in [1.82, 2.24) is 20.4 Å². The van der Waals surface area contributed by atoms with E-state index in [1.165, 1.54) is 29.8 Å². The van der Waals surface area contributed by atoms with Crippen LogP contribution in [0.15, 0.2) is 42.7 Å². The molecule has 2 aromatic carbocycles. The third-order valence-corrected chi connectivity index (χ3v) is 5.60. The number of amides is 1. The fourth-order valence-corrected chi connectivity index (χ4v) is 4.10. The van der Waals surface area contributed by atoms with Crippen LogP contribution in [0.5, 0.6) is 0 Å². The van der Waals surface area contributed by atoms with Crippen LogP contribution in [-0.4, -0.2) is 20.9 Å². The number of carbonyl (C=O) groups excluding carboxylic acids is 1. The predicted octanol–water partition coefficient (Wildman–Crippen LogP) is 4.78. The second kappa shape index (κ2) is 8.31. The molecule has 2 aromatic heterocycles. The first kappa shape index (κ1) is 20.1. The average molecular weight is 460 g/mol. The maximum Gasteiger partial charge on any atom is 0.271 e. The zero-order valence-electron chi connectivity index (χ0n) is 15.5. The van der Waals surface area contributed by atoms with E-state index in [0.717, 1.165) is 15.8 Å². The van der Waals surface area contributed by atoms with Crippen molar-refractivity contribution in [2.75, 3.05) is 16.5 Å². The summed E-state index contributed by atoms with van der Waals surface area (Å²) in [5.41, 5.74) is 13.9. The van der Waals surface area contributed by atoms with E-state index in [4.69, 9.17) is 28.9 Å². The van der Waals surface area contributed by atoms with Crippen LogP contribution in [0, 0.1) is 6.92 Å². The van der Waals surface area contributed by atoms with Crippen LogP contribution in [-0.2, 0) is 0 Å². The van der Waals surface area contributed by atoms with E-state index in [0.29, 0.717) is 16.0 Å². The molecule has 5 N–H and O–H groups in total. The van der Waals surface area contributed by atoms with Gasteiger partial charge in [-0.2, -0.15) is 0 Å². The van der Waals surface area contributed by atoms with Gasteiger partial charge >= 0.3 is 0 Å². The molecule has 0 fully saturated rings. The molecule has 1 amide bonds.